The number of carbonyl (C=O) groups excluding carboxylic acids is 1. The number of carbonyl (C=O) groups is 1. The van der Waals surface area contributed by atoms with Crippen molar-refractivity contribution >= 4 is 56.8 Å². The summed E-state index contributed by atoms with van der Waals surface area (Å²) >= 11 is 10.9. The summed E-state index contributed by atoms with van der Waals surface area (Å²) in [5.41, 5.74) is 2.92. The molecule has 2 N–H and O–H groups in total. The van der Waals surface area contributed by atoms with Gasteiger partial charge in [-0.25, -0.2) is 4.68 Å². The number of benzene rings is 2. The van der Waals surface area contributed by atoms with Crippen molar-refractivity contribution in [3.8, 4) is 0 Å². The van der Waals surface area contributed by atoms with E-state index in [2.05, 4.69) is 36.6 Å². The van der Waals surface area contributed by atoms with Crippen LogP contribution in [0.2, 0.25) is 5.02 Å². The molecular weight excluding hydrogens is 474 g/mol. The number of amides is 1. The van der Waals surface area contributed by atoms with Crippen molar-refractivity contribution in [2.24, 2.45) is 0 Å². The third-order valence-corrected chi connectivity index (χ3v) is 5.87. The van der Waals surface area contributed by atoms with Crippen LogP contribution < -0.4 is 10.6 Å². The van der Waals surface area contributed by atoms with Gasteiger partial charge in [-0.2, -0.15) is 4.98 Å². The first-order valence-corrected chi connectivity index (χ1v) is 11.2. The predicted octanol–water partition coefficient (Wildman–Crippen LogP) is 5.34. The fraction of sp³-hybridized carbons (Fsp3) is 0.150. The number of fused-ring (bicyclic) bond motifs is 1. The topological polar surface area (TPSA) is 71.8 Å². The molecule has 0 radical (unpaired) electrons. The van der Waals surface area contributed by atoms with Crippen LogP contribution in [0, 0.1) is 0 Å². The number of hydrogen-bond acceptors (Lipinski definition) is 5. The SMILES string of the molecule is CSc1nc2n(n1)[C@@H](c1ccc(Br)cc1)C(C(=O)Nc1ccc(Cl)cc1)=C(C)N2. The molecule has 1 atom stereocenters. The zero-order valence-corrected chi connectivity index (χ0v) is 18.8. The molecule has 1 aromatic heterocycles. The van der Waals surface area contributed by atoms with Crippen LogP contribution in [0.5, 0.6) is 0 Å². The van der Waals surface area contributed by atoms with E-state index in [1.54, 1.807) is 28.9 Å². The van der Waals surface area contributed by atoms with Crippen LogP contribution in [0.15, 0.2) is 69.4 Å². The number of nitrogens with one attached hydrogen (secondary N) is 2. The number of anilines is 2. The molecule has 0 spiro atoms. The van der Waals surface area contributed by atoms with Crippen molar-refractivity contribution < 1.29 is 4.79 Å². The molecule has 0 bridgehead atoms. The van der Waals surface area contributed by atoms with Gasteiger partial charge in [0.2, 0.25) is 11.1 Å². The molecular formula is C20H17BrClN5OS. The first-order valence-electron chi connectivity index (χ1n) is 8.77. The van der Waals surface area contributed by atoms with Gasteiger partial charge >= 0.3 is 0 Å². The Labute approximate surface area is 185 Å². The molecule has 0 aliphatic carbocycles. The molecule has 1 aliphatic rings. The minimum Gasteiger partial charge on any atom is -0.328 e. The van der Waals surface area contributed by atoms with Crippen molar-refractivity contribution in [2.75, 3.05) is 16.9 Å². The largest absolute Gasteiger partial charge is 0.328 e. The lowest BCUT2D eigenvalue weighted by molar-refractivity contribution is -0.113. The molecule has 0 fully saturated rings. The van der Waals surface area contributed by atoms with Gasteiger partial charge in [0.05, 0.1) is 5.57 Å². The lowest BCUT2D eigenvalue weighted by Crippen LogP contribution is -2.31. The van der Waals surface area contributed by atoms with E-state index in [1.165, 1.54) is 11.8 Å². The number of aromatic nitrogens is 3. The quantitative estimate of drug-likeness (QED) is 0.483. The normalized spacial score (nSPS) is 15.7. The standard InChI is InChI=1S/C20H17BrClN5OS/c1-11-16(18(28)24-15-9-7-14(22)8-10-15)17(12-3-5-13(21)6-4-12)27-19(23-11)25-20(26-27)29-2/h3-10,17H,1-2H3,(H,24,28)(H,23,25,26)/t17-/m0/s1. The highest BCUT2D eigenvalue weighted by atomic mass is 79.9. The summed E-state index contributed by atoms with van der Waals surface area (Å²) in [5, 5.41) is 12.0. The third kappa shape index (κ3) is 4.05. The first kappa shape index (κ1) is 20.0. The predicted molar refractivity (Wildman–Crippen MR) is 120 cm³/mol. The van der Waals surface area contributed by atoms with Gasteiger partial charge in [-0.1, -0.05) is 51.4 Å². The fourth-order valence-corrected chi connectivity index (χ4v) is 3.93. The Morgan fingerprint density at radius 2 is 1.90 bits per heavy atom. The summed E-state index contributed by atoms with van der Waals surface area (Å²) in [7, 11) is 0. The van der Waals surface area contributed by atoms with Crippen molar-refractivity contribution in [2.45, 2.75) is 18.1 Å². The van der Waals surface area contributed by atoms with Gasteiger partial charge in [0.25, 0.3) is 5.91 Å². The number of thioether (sulfide) groups is 1. The van der Waals surface area contributed by atoms with Crippen LogP contribution in [0.3, 0.4) is 0 Å². The molecule has 1 amide bonds. The van der Waals surface area contributed by atoms with Crippen molar-refractivity contribution in [3.05, 3.63) is 74.9 Å². The summed E-state index contributed by atoms with van der Waals surface area (Å²) in [6.45, 7) is 1.87. The second-order valence-electron chi connectivity index (χ2n) is 6.45. The third-order valence-electron chi connectivity index (χ3n) is 4.55. The van der Waals surface area contributed by atoms with Crippen LogP contribution in [0.4, 0.5) is 11.6 Å². The molecule has 3 aromatic rings. The average Bonchev–Trinajstić information content (AvgIpc) is 3.12. The van der Waals surface area contributed by atoms with Crippen molar-refractivity contribution in [3.63, 3.8) is 0 Å². The Morgan fingerprint density at radius 1 is 1.21 bits per heavy atom. The van der Waals surface area contributed by atoms with Gasteiger partial charge in [0, 0.05) is 20.9 Å². The average molecular weight is 491 g/mol. The van der Waals surface area contributed by atoms with Gasteiger partial charge < -0.3 is 10.6 Å². The second kappa shape index (κ2) is 8.22. The molecule has 2 aromatic carbocycles. The van der Waals surface area contributed by atoms with Crippen molar-refractivity contribution in [1.29, 1.82) is 0 Å². The Morgan fingerprint density at radius 3 is 2.55 bits per heavy atom. The van der Waals surface area contributed by atoms with Crippen LogP contribution >= 0.6 is 39.3 Å². The smallest absolute Gasteiger partial charge is 0.255 e. The zero-order chi connectivity index (χ0) is 20.5. The van der Waals surface area contributed by atoms with Crippen LogP contribution in [0.1, 0.15) is 18.5 Å². The number of nitrogens with zero attached hydrogens (tertiary/aromatic N) is 3. The molecule has 9 heteroatoms. The Hall–Kier alpha value is -2.29. The van der Waals surface area contributed by atoms with E-state index >= 15 is 0 Å². The highest BCUT2D eigenvalue weighted by Gasteiger charge is 2.34. The van der Waals surface area contributed by atoms with E-state index in [0.717, 1.165) is 15.7 Å². The Bertz CT molecular complexity index is 1100. The van der Waals surface area contributed by atoms with E-state index in [0.29, 0.717) is 27.4 Å². The van der Waals surface area contributed by atoms with Gasteiger partial charge in [-0.3, -0.25) is 4.79 Å². The number of allylic oxidation sites excluding steroid dienone is 1. The number of rotatable bonds is 4. The van der Waals surface area contributed by atoms with Crippen molar-refractivity contribution in [1.82, 2.24) is 14.8 Å². The van der Waals surface area contributed by atoms with Crippen LogP contribution in [-0.4, -0.2) is 26.9 Å². The van der Waals surface area contributed by atoms with E-state index in [9.17, 15) is 4.79 Å². The summed E-state index contributed by atoms with van der Waals surface area (Å²) in [4.78, 5) is 17.8. The molecule has 0 saturated heterocycles. The van der Waals surface area contributed by atoms with E-state index < -0.39 is 6.04 Å². The maximum Gasteiger partial charge on any atom is 0.255 e. The van der Waals surface area contributed by atoms with Gasteiger partial charge in [0.1, 0.15) is 6.04 Å². The van der Waals surface area contributed by atoms with E-state index in [-0.39, 0.29) is 5.91 Å². The monoisotopic (exact) mass is 489 g/mol. The summed E-state index contributed by atoms with van der Waals surface area (Å²) in [6, 6.07) is 14.5. The molecule has 29 heavy (non-hydrogen) atoms. The van der Waals surface area contributed by atoms with Gasteiger partial charge in [-0.05, 0) is 55.1 Å². The van der Waals surface area contributed by atoms with Gasteiger partial charge in [0.15, 0.2) is 0 Å². The zero-order valence-electron chi connectivity index (χ0n) is 15.6. The molecule has 0 saturated carbocycles. The second-order valence-corrected chi connectivity index (χ2v) is 8.57. The summed E-state index contributed by atoms with van der Waals surface area (Å²) < 4.78 is 2.73. The van der Waals surface area contributed by atoms with Crippen LogP contribution in [0.25, 0.3) is 0 Å². The summed E-state index contributed by atoms with van der Waals surface area (Å²) in [6.07, 6.45) is 1.92. The number of hydrogen-bond donors (Lipinski definition) is 2. The maximum atomic E-state index is 13.3. The highest BCUT2D eigenvalue weighted by Crippen LogP contribution is 2.36. The minimum absolute atomic E-state index is 0.211. The lowest BCUT2D eigenvalue weighted by Gasteiger charge is -2.28. The van der Waals surface area contributed by atoms with Crippen LogP contribution in [-0.2, 0) is 4.79 Å². The lowest BCUT2D eigenvalue weighted by atomic mass is 9.95. The molecule has 0 unspecified atom stereocenters. The first-order chi connectivity index (χ1) is 14.0. The molecule has 4 rings (SSSR count). The molecule has 1 aliphatic heterocycles. The van der Waals surface area contributed by atoms with Gasteiger partial charge in [-0.15, -0.1) is 5.10 Å². The molecule has 148 valence electrons. The maximum absolute atomic E-state index is 13.3. The summed E-state index contributed by atoms with van der Waals surface area (Å²) in [5.74, 6) is 0.403. The van der Waals surface area contributed by atoms with E-state index in [1.807, 2.05) is 37.4 Å². The fourth-order valence-electron chi connectivity index (χ4n) is 3.20. The van der Waals surface area contributed by atoms with E-state index in [4.69, 9.17) is 11.6 Å². The number of halogens is 2. The minimum atomic E-state index is -0.403. The Kier molecular flexibility index (Phi) is 5.67. The molecule has 6 nitrogen and oxygen atoms in total. The Balaban J connectivity index is 1.77. The highest BCUT2D eigenvalue weighted by molar-refractivity contribution is 9.10. The molecule has 2 heterocycles.